The monoisotopic (exact) mass is 334 g/mol. The van der Waals surface area contributed by atoms with Crippen molar-refractivity contribution in [2.45, 2.75) is 19.3 Å². The number of H-pyrrole nitrogens is 1. The van der Waals surface area contributed by atoms with Gasteiger partial charge in [0.05, 0.1) is 6.20 Å². The van der Waals surface area contributed by atoms with Crippen molar-refractivity contribution in [3.05, 3.63) is 60.3 Å². The van der Waals surface area contributed by atoms with Gasteiger partial charge in [-0.05, 0) is 41.5 Å². The number of likely N-dealkylation sites (tertiary alicyclic amines) is 1. The molecule has 0 radical (unpaired) electrons. The van der Waals surface area contributed by atoms with E-state index in [0.717, 1.165) is 32.4 Å². The van der Waals surface area contributed by atoms with Crippen LogP contribution in [0.2, 0.25) is 0 Å². The van der Waals surface area contributed by atoms with Crippen molar-refractivity contribution in [1.82, 2.24) is 15.1 Å². The van der Waals surface area contributed by atoms with Crippen LogP contribution in [0, 0.1) is 5.92 Å². The Hall–Kier alpha value is -2.82. The van der Waals surface area contributed by atoms with Crippen molar-refractivity contribution in [3.63, 3.8) is 0 Å². The van der Waals surface area contributed by atoms with Crippen LogP contribution < -0.4 is 5.32 Å². The third-order valence-electron chi connectivity index (χ3n) is 4.98. The number of urea groups is 1. The van der Waals surface area contributed by atoms with E-state index in [1.807, 2.05) is 4.90 Å². The second-order valence-corrected chi connectivity index (χ2v) is 6.72. The van der Waals surface area contributed by atoms with Crippen LogP contribution in [0.25, 0.3) is 10.8 Å². The minimum absolute atomic E-state index is 0.0478. The molecular weight excluding hydrogens is 312 g/mol. The number of fused-ring (bicyclic) bond motifs is 1. The molecule has 1 aliphatic rings. The molecule has 0 saturated carbocycles. The van der Waals surface area contributed by atoms with Crippen molar-refractivity contribution in [2.75, 3.05) is 18.4 Å². The maximum Gasteiger partial charge on any atom is 0.322 e. The molecule has 1 fully saturated rings. The van der Waals surface area contributed by atoms with E-state index in [9.17, 15) is 4.79 Å². The van der Waals surface area contributed by atoms with Gasteiger partial charge in [0.25, 0.3) is 0 Å². The standard InChI is InChI=1S/C20H22N4O/c25-20(22-19-7-10-21-23-19)24-11-8-15(9-12-24)13-16-5-6-17-3-1-2-4-18(17)14-16/h1-7,10,14-15H,8-9,11-13H2,(H2,21,22,23,25). The van der Waals surface area contributed by atoms with Gasteiger partial charge < -0.3 is 4.90 Å². The number of aromatic nitrogens is 2. The van der Waals surface area contributed by atoms with Gasteiger partial charge >= 0.3 is 6.03 Å². The van der Waals surface area contributed by atoms with Gasteiger partial charge in [0.15, 0.2) is 0 Å². The zero-order chi connectivity index (χ0) is 17.1. The van der Waals surface area contributed by atoms with E-state index in [-0.39, 0.29) is 6.03 Å². The second kappa shape index (κ2) is 6.97. The van der Waals surface area contributed by atoms with Crippen molar-refractivity contribution < 1.29 is 4.79 Å². The van der Waals surface area contributed by atoms with E-state index in [0.29, 0.717) is 11.7 Å². The highest BCUT2D eigenvalue weighted by Crippen LogP contribution is 2.24. The molecular formula is C20H22N4O. The Morgan fingerprint density at radius 1 is 1.12 bits per heavy atom. The van der Waals surface area contributed by atoms with Crippen LogP contribution in [0.15, 0.2) is 54.7 Å². The van der Waals surface area contributed by atoms with Gasteiger partial charge in [-0.25, -0.2) is 4.79 Å². The third kappa shape index (κ3) is 3.65. The lowest BCUT2D eigenvalue weighted by atomic mass is 9.89. The zero-order valence-electron chi connectivity index (χ0n) is 14.1. The number of nitrogens with one attached hydrogen (secondary N) is 2. The Bertz CT molecular complexity index is 851. The van der Waals surface area contributed by atoms with Crippen LogP contribution in [-0.4, -0.2) is 34.2 Å². The summed E-state index contributed by atoms with van der Waals surface area (Å²) in [5.41, 5.74) is 1.39. The van der Waals surface area contributed by atoms with Crippen molar-refractivity contribution in [1.29, 1.82) is 0 Å². The van der Waals surface area contributed by atoms with Gasteiger partial charge in [0.2, 0.25) is 0 Å². The number of anilines is 1. The fourth-order valence-electron chi connectivity index (χ4n) is 3.56. The minimum Gasteiger partial charge on any atom is -0.324 e. The molecule has 0 bridgehead atoms. The summed E-state index contributed by atoms with van der Waals surface area (Å²) < 4.78 is 0. The molecule has 2 amide bonds. The molecule has 5 heteroatoms. The number of aromatic amines is 1. The summed E-state index contributed by atoms with van der Waals surface area (Å²) in [5, 5.41) is 12.0. The summed E-state index contributed by atoms with van der Waals surface area (Å²) in [6.07, 6.45) is 4.80. The predicted molar refractivity (Wildman–Crippen MR) is 99.6 cm³/mol. The molecule has 0 spiro atoms. The van der Waals surface area contributed by atoms with Crippen LogP contribution in [0.4, 0.5) is 10.6 Å². The fourth-order valence-corrected chi connectivity index (χ4v) is 3.56. The number of carbonyl (C=O) groups is 1. The number of rotatable bonds is 3. The van der Waals surface area contributed by atoms with Crippen molar-refractivity contribution >= 4 is 22.6 Å². The Labute approximate surface area is 147 Å². The summed E-state index contributed by atoms with van der Waals surface area (Å²) in [5.74, 6) is 1.28. The molecule has 5 nitrogen and oxygen atoms in total. The van der Waals surface area contributed by atoms with E-state index >= 15 is 0 Å². The lowest BCUT2D eigenvalue weighted by Gasteiger charge is -2.32. The molecule has 1 saturated heterocycles. The highest BCUT2D eigenvalue weighted by Gasteiger charge is 2.23. The number of amides is 2. The lowest BCUT2D eigenvalue weighted by Crippen LogP contribution is -2.41. The highest BCUT2D eigenvalue weighted by molar-refractivity contribution is 5.88. The van der Waals surface area contributed by atoms with Gasteiger partial charge in [-0.1, -0.05) is 42.5 Å². The van der Waals surface area contributed by atoms with Crippen LogP contribution >= 0.6 is 0 Å². The van der Waals surface area contributed by atoms with Crippen LogP contribution in [-0.2, 0) is 6.42 Å². The first-order valence-corrected chi connectivity index (χ1v) is 8.81. The van der Waals surface area contributed by atoms with Gasteiger partial charge in [-0.3, -0.25) is 10.4 Å². The number of hydrogen-bond acceptors (Lipinski definition) is 2. The van der Waals surface area contributed by atoms with Crippen molar-refractivity contribution in [3.8, 4) is 0 Å². The Morgan fingerprint density at radius 2 is 1.92 bits per heavy atom. The van der Waals surface area contributed by atoms with E-state index < -0.39 is 0 Å². The first-order valence-electron chi connectivity index (χ1n) is 8.81. The van der Waals surface area contributed by atoms with Crippen LogP contribution in [0.3, 0.4) is 0 Å². The molecule has 3 aromatic rings. The molecule has 0 unspecified atom stereocenters. The van der Waals surface area contributed by atoms with E-state index in [4.69, 9.17) is 0 Å². The third-order valence-corrected chi connectivity index (χ3v) is 4.98. The van der Waals surface area contributed by atoms with E-state index in [2.05, 4.69) is 58.0 Å². The maximum atomic E-state index is 12.2. The quantitative estimate of drug-likeness (QED) is 0.759. The molecule has 2 aromatic carbocycles. The van der Waals surface area contributed by atoms with Gasteiger partial charge in [-0.15, -0.1) is 0 Å². The number of piperidine rings is 1. The summed E-state index contributed by atoms with van der Waals surface area (Å²) in [7, 11) is 0. The number of carbonyl (C=O) groups excluding carboxylic acids is 1. The highest BCUT2D eigenvalue weighted by atomic mass is 16.2. The molecule has 128 valence electrons. The van der Waals surface area contributed by atoms with Crippen molar-refractivity contribution in [2.24, 2.45) is 5.92 Å². The Kier molecular flexibility index (Phi) is 4.37. The molecule has 1 aliphatic heterocycles. The van der Waals surface area contributed by atoms with Crippen LogP contribution in [0.5, 0.6) is 0 Å². The molecule has 0 atom stereocenters. The Balaban J connectivity index is 1.32. The summed E-state index contributed by atoms with van der Waals surface area (Å²) >= 11 is 0. The normalized spacial score (nSPS) is 15.4. The lowest BCUT2D eigenvalue weighted by molar-refractivity contribution is 0.182. The average molecular weight is 334 g/mol. The molecule has 0 aliphatic carbocycles. The maximum absolute atomic E-state index is 12.2. The molecule has 1 aromatic heterocycles. The topological polar surface area (TPSA) is 61.0 Å². The van der Waals surface area contributed by atoms with E-state index in [1.165, 1.54) is 16.3 Å². The molecule has 25 heavy (non-hydrogen) atoms. The van der Waals surface area contributed by atoms with E-state index in [1.54, 1.807) is 12.3 Å². The predicted octanol–water partition coefficient (Wildman–Crippen LogP) is 4.05. The minimum atomic E-state index is -0.0478. The average Bonchev–Trinajstić information content (AvgIpc) is 3.15. The molecule has 4 rings (SSSR count). The summed E-state index contributed by atoms with van der Waals surface area (Å²) in [6.45, 7) is 1.61. The second-order valence-electron chi connectivity index (χ2n) is 6.72. The molecule has 2 N–H and O–H groups in total. The first-order chi connectivity index (χ1) is 12.3. The molecule has 2 heterocycles. The number of benzene rings is 2. The largest absolute Gasteiger partial charge is 0.324 e. The Morgan fingerprint density at radius 3 is 2.68 bits per heavy atom. The van der Waals surface area contributed by atoms with Gasteiger partial charge in [-0.2, -0.15) is 5.10 Å². The summed E-state index contributed by atoms with van der Waals surface area (Å²) in [4.78, 5) is 14.1. The SMILES string of the molecule is O=C(Nc1ccn[nH]1)N1CCC(Cc2ccc3ccccc3c2)CC1. The number of hydrogen-bond donors (Lipinski definition) is 2. The smallest absolute Gasteiger partial charge is 0.322 e. The zero-order valence-corrected chi connectivity index (χ0v) is 14.1. The number of nitrogens with zero attached hydrogens (tertiary/aromatic N) is 2. The van der Waals surface area contributed by atoms with Crippen LogP contribution in [0.1, 0.15) is 18.4 Å². The first kappa shape index (κ1) is 15.7. The summed E-state index contributed by atoms with van der Waals surface area (Å²) in [6, 6.07) is 16.9. The van der Waals surface area contributed by atoms with Gasteiger partial charge in [0, 0.05) is 19.2 Å². The van der Waals surface area contributed by atoms with Gasteiger partial charge in [0.1, 0.15) is 5.82 Å². The fraction of sp³-hybridized carbons (Fsp3) is 0.300.